The lowest BCUT2D eigenvalue weighted by molar-refractivity contribution is -0.119. The van der Waals surface area contributed by atoms with Crippen LogP contribution in [0.1, 0.15) is 32.6 Å². The number of carbonyl (C=O) groups is 1. The number of hydrogen-bond donors (Lipinski definition) is 3. The van der Waals surface area contributed by atoms with Gasteiger partial charge in [-0.25, -0.2) is 0 Å². The van der Waals surface area contributed by atoms with Gasteiger partial charge in [0.1, 0.15) is 0 Å². The maximum Gasteiger partial charge on any atom is 0.220 e. The summed E-state index contributed by atoms with van der Waals surface area (Å²) in [6, 6.07) is 0.327. The molecule has 88 valence electrons. The molecule has 0 aromatic rings. The van der Waals surface area contributed by atoms with Crippen molar-refractivity contribution in [2.75, 3.05) is 19.7 Å². The lowest BCUT2D eigenvalue weighted by atomic mass is 10.1. The van der Waals surface area contributed by atoms with Gasteiger partial charge in [0.25, 0.3) is 0 Å². The van der Waals surface area contributed by atoms with Gasteiger partial charge >= 0.3 is 0 Å². The predicted octanol–water partition coefficient (Wildman–Crippen LogP) is 0.263. The van der Waals surface area contributed by atoms with Gasteiger partial charge in [0.05, 0.1) is 0 Å². The minimum Gasteiger partial charge on any atom is -0.396 e. The molecule has 4 heteroatoms. The van der Waals surface area contributed by atoms with Crippen LogP contribution in [0.3, 0.4) is 0 Å². The zero-order valence-corrected chi connectivity index (χ0v) is 9.46. The molecule has 1 aliphatic heterocycles. The molecule has 3 N–H and O–H groups in total. The van der Waals surface area contributed by atoms with Crippen LogP contribution in [0.5, 0.6) is 0 Å². The molecule has 15 heavy (non-hydrogen) atoms. The van der Waals surface area contributed by atoms with Gasteiger partial charge in [0, 0.05) is 25.6 Å². The fourth-order valence-corrected chi connectivity index (χ4v) is 1.77. The minimum absolute atomic E-state index is 0.177. The van der Waals surface area contributed by atoms with Crippen LogP contribution in [0.15, 0.2) is 0 Å². The lowest BCUT2D eigenvalue weighted by Gasteiger charge is -2.12. The summed E-state index contributed by atoms with van der Waals surface area (Å²) in [6.45, 7) is 4.17. The molecule has 0 saturated carbocycles. The molecule has 2 unspecified atom stereocenters. The Morgan fingerprint density at radius 2 is 2.47 bits per heavy atom. The zero-order chi connectivity index (χ0) is 11.1. The number of hydrogen-bond acceptors (Lipinski definition) is 3. The van der Waals surface area contributed by atoms with E-state index in [0.717, 1.165) is 32.4 Å². The number of rotatable bonds is 7. The molecule has 1 amide bonds. The first-order valence-electron chi connectivity index (χ1n) is 5.83. The Kier molecular flexibility index (Phi) is 5.65. The van der Waals surface area contributed by atoms with Crippen molar-refractivity contribution < 1.29 is 9.90 Å². The Labute approximate surface area is 91.4 Å². The van der Waals surface area contributed by atoms with Gasteiger partial charge in [-0.3, -0.25) is 4.79 Å². The molecule has 1 fully saturated rings. The summed E-state index contributed by atoms with van der Waals surface area (Å²) in [7, 11) is 0. The maximum atomic E-state index is 10.9. The third-order valence-electron chi connectivity index (χ3n) is 2.84. The Balaban J connectivity index is 1.91. The van der Waals surface area contributed by atoms with E-state index in [4.69, 9.17) is 5.11 Å². The maximum absolute atomic E-state index is 10.9. The molecule has 1 aliphatic rings. The average molecular weight is 214 g/mol. The van der Waals surface area contributed by atoms with E-state index in [0.29, 0.717) is 18.4 Å². The van der Waals surface area contributed by atoms with E-state index in [1.165, 1.54) is 0 Å². The van der Waals surface area contributed by atoms with Gasteiger partial charge < -0.3 is 15.7 Å². The standard InChI is InChI=1S/C11H22N2O2/c1-9(8-14)3-2-6-12-7-10-4-5-11(15)13-10/h9-10,12,14H,2-8H2,1H3,(H,13,15). The summed E-state index contributed by atoms with van der Waals surface area (Å²) in [5.74, 6) is 0.577. The largest absolute Gasteiger partial charge is 0.396 e. The van der Waals surface area contributed by atoms with Crippen LogP contribution >= 0.6 is 0 Å². The van der Waals surface area contributed by atoms with E-state index in [-0.39, 0.29) is 12.5 Å². The summed E-state index contributed by atoms with van der Waals surface area (Å²) in [5, 5.41) is 15.1. The molecular weight excluding hydrogens is 192 g/mol. The molecule has 0 spiro atoms. The van der Waals surface area contributed by atoms with Gasteiger partial charge in [-0.05, 0) is 31.7 Å². The lowest BCUT2D eigenvalue weighted by Crippen LogP contribution is -2.36. The molecule has 0 bridgehead atoms. The topological polar surface area (TPSA) is 61.4 Å². The van der Waals surface area contributed by atoms with Crippen LogP contribution in [0.4, 0.5) is 0 Å². The van der Waals surface area contributed by atoms with Crippen LogP contribution in [0, 0.1) is 5.92 Å². The average Bonchev–Trinajstić information content (AvgIpc) is 2.63. The molecule has 0 radical (unpaired) electrons. The summed E-state index contributed by atoms with van der Waals surface area (Å²) < 4.78 is 0. The van der Waals surface area contributed by atoms with Gasteiger partial charge in [-0.2, -0.15) is 0 Å². The predicted molar refractivity (Wildman–Crippen MR) is 59.5 cm³/mol. The van der Waals surface area contributed by atoms with E-state index in [9.17, 15) is 4.79 Å². The third-order valence-corrected chi connectivity index (χ3v) is 2.84. The van der Waals surface area contributed by atoms with Gasteiger partial charge in [-0.1, -0.05) is 6.92 Å². The zero-order valence-electron chi connectivity index (χ0n) is 9.46. The van der Waals surface area contributed by atoms with Crippen molar-refractivity contribution >= 4 is 5.91 Å². The van der Waals surface area contributed by atoms with Gasteiger partial charge in [-0.15, -0.1) is 0 Å². The third kappa shape index (κ3) is 5.14. The highest BCUT2D eigenvalue weighted by Crippen LogP contribution is 2.05. The number of aliphatic hydroxyl groups excluding tert-OH is 1. The quantitative estimate of drug-likeness (QED) is 0.533. The summed E-state index contributed by atoms with van der Waals surface area (Å²) in [6.07, 6.45) is 3.77. The molecule has 1 heterocycles. The number of amides is 1. The van der Waals surface area contributed by atoms with Crippen molar-refractivity contribution in [2.45, 2.75) is 38.6 Å². The van der Waals surface area contributed by atoms with E-state index >= 15 is 0 Å². The Morgan fingerprint density at radius 1 is 1.67 bits per heavy atom. The van der Waals surface area contributed by atoms with Crippen molar-refractivity contribution in [1.82, 2.24) is 10.6 Å². The van der Waals surface area contributed by atoms with E-state index in [2.05, 4.69) is 17.6 Å². The SMILES string of the molecule is CC(CO)CCCNCC1CCC(=O)N1. The second-order valence-electron chi connectivity index (χ2n) is 4.44. The molecule has 0 aromatic carbocycles. The second-order valence-corrected chi connectivity index (χ2v) is 4.44. The molecule has 1 rings (SSSR count). The summed E-state index contributed by atoms with van der Waals surface area (Å²) in [4.78, 5) is 10.9. The summed E-state index contributed by atoms with van der Waals surface area (Å²) in [5.41, 5.74) is 0. The van der Waals surface area contributed by atoms with Gasteiger partial charge in [0.2, 0.25) is 5.91 Å². The van der Waals surface area contributed by atoms with Crippen LogP contribution in [0.25, 0.3) is 0 Å². The fourth-order valence-electron chi connectivity index (χ4n) is 1.77. The molecule has 2 atom stereocenters. The van der Waals surface area contributed by atoms with Crippen molar-refractivity contribution in [1.29, 1.82) is 0 Å². The van der Waals surface area contributed by atoms with Crippen molar-refractivity contribution in [3.05, 3.63) is 0 Å². The highest BCUT2D eigenvalue weighted by Gasteiger charge is 2.19. The van der Waals surface area contributed by atoms with Crippen molar-refractivity contribution in [2.24, 2.45) is 5.92 Å². The summed E-state index contributed by atoms with van der Waals surface area (Å²) >= 11 is 0. The van der Waals surface area contributed by atoms with E-state index in [1.54, 1.807) is 0 Å². The van der Waals surface area contributed by atoms with Crippen LogP contribution in [0.2, 0.25) is 0 Å². The Hall–Kier alpha value is -0.610. The fraction of sp³-hybridized carbons (Fsp3) is 0.909. The molecule has 0 aliphatic carbocycles. The van der Waals surface area contributed by atoms with Crippen molar-refractivity contribution in [3.8, 4) is 0 Å². The van der Waals surface area contributed by atoms with Gasteiger partial charge in [0.15, 0.2) is 0 Å². The molecule has 1 saturated heterocycles. The highest BCUT2D eigenvalue weighted by atomic mass is 16.3. The Bertz CT molecular complexity index is 197. The van der Waals surface area contributed by atoms with E-state index < -0.39 is 0 Å². The number of aliphatic hydroxyl groups is 1. The van der Waals surface area contributed by atoms with E-state index in [1.807, 2.05) is 0 Å². The highest BCUT2D eigenvalue weighted by molar-refractivity contribution is 5.78. The first-order chi connectivity index (χ1) is 7.22. The molecule has 0 aromatic heterocycles. The second kappa shape index (κ2) is 6.80. The minimum atomic E-state index is 0.177. The van der Waals surface area contributed by atoms with Crippen LogP contribution in [-0.4, -0.2) is 36.8 Å². The van der Waals surface area contributed by atoms with Crippen molar-refractivity contribution in [3.63, 3.8) is 0 Å². The Morgan fingerprint density at radius 3 is 3.07 bits per heavy atom. The number of carbonyl (C=O) groups excluding carboxylic acids is 1. The van der Waals surface area contributed by atoms with Crippen LogP contribution in [-0.2, 0) is 4.79 Å². The molecular formula is C11H22N2O2. The smallest absolute Gasteiger partial charge is 0.220 e. The first kappa shape index (κ1) is 12.5. The van der Waals surface area contributed by atoms with Crippen LogP contribution < -0.4 is 10.6 Å². The number of nitrogens with one attached hydrogen (secondary N) is 2. The normalized spacial score (nSPS) is 22.8. The first-order valence-corrected chi connectivity index (χ1v) is 5.83. The molecule has 4 nitrogen and oxygen atoms in total. The monoisotopic (exact) mass is 214 g/mol.